The Balaban J connectivity index is 2.28. The number of aromatic nitrogens is 2. The number of hydrogen-bond acceptors (Lipinski definition) is 1. The van der Waals surface area contributed by atoms with Gasteiger partial charge in [0.1, 0.15) is 5.82 Å². The highest BCUT2D eigenvalue weighted by Gasteiger charge is 2.09. The molecule has 0 spiro atoms. The molecule has 0 fully saturated rings. The average Bonchev–Trinajstić information content (AvgIpc) is 2.77. The molecule has 0 saturated heterocycles. The van der Waals surface area contributed by atoms with Gasteiger partial charge >= 0.3 is 0 Å². The van der Waals surface area contributed by atoms with E-state index in [0.717, 1.165) is 21.6 Å². The fourth-order valence-corrected chi connectivity index (χ4v) is 2.65. The number of nitrogens with zero attached hydrogens (tertiary/aromatic N) is 1. The molecule has 0 atom stereocenters. The van der Waals surface area contributed by atoms with Crippen molar-refractivity contribution in [2.24, 2.45) is 0 Å². The summed E-state index contributed by atoms with van der Waals surface area (Å²) in [6, 6.07) is 12.5. The van der Waals surface area contributed by atoms with E-state index in [4.69, 9.17) is 0 Å². The summed E-state index contributed by atoms with van der Waals surface area (Å²) < 4.78 is 1.09. The standard InChI is InChI=1S/C14H11BrN2/c1-9-8-16-14(17-9)12-7-6-10-4-2-3-5-11(10)13(12)15/h2-8H,1H3,(H,16,17). The molecule has 0 aliphatic heterocycles. The number of halogens is 1. The molecule has 0 unspecified atom stereocenters. The Morgan fingerprint density at radius 3 is 2.71 bits per heavy atom. The van der Waals surface area contributed by atoms with Gasteiger partial charge in [-0.2, -0.15) is 0 Å². The van der Waals surface area contributed by atoms with E-state index in [-0.39, 0.29) is 0 Å². The zero-order chi connectivity index (χ0) is 11.8. The van der Waals surface area contributed by atoms with Gasteiger partial charge in [-0.1, -0.05) is 30.3 Å². The largest absolute Gasteiger partial charge is 0.342 e. The van der Waals surface area contributed by atoms with Crippen LogP contribution in [0.4, 0.5) is 0 Å². The minimum Gasteiger partial charge on any atom is -0.342 e. The van der Waals surface area contributed by atoms with Crippen molar-refractivity contribution >= 4 is 26.7 Å². The van der Waals surface area contributed by atoms with Crippen LogP contribution in [-0.4, -0.2) is 9.97 Å². The van der Waals surface area contributed by atoms with Gasteiger partial charge in [0.15, 0.2) is 0 Å². The zero-order valence-electron chi connectivity index (χ0n) is 9.37. The highest BCUT2D eigenvalue weighted by atomic mass is 79.9. The van der Waals surface area contributed by atoms with E-state index >= 15 is 0 Å². The molecule has 3 rings (SSSR count). The molecular formula is C14H11BrN2. The molecule has 0 radical (unpaired) electrons. The first-order valence-corrected chi connectivity index (χ1v) is 6.24. The Morgan fingerprint density at radius 2 is 1.94 bits per heavy atom. The summed E-state index contributed by atoms with van der Waals surface area (Å²) in [5.41, 5.74) is 2.16. The summed E-state index contributed by atoms with van der Waals surface area (Å²) >= 11 is 3.67. The lowest BCUT2D eigenvalue weighted by Gasteiger charge is -2.05. The highest BCUT2D eigenvalue weighted by molar-refractivity contribution is 9.10. The minimum absolute atomic E-state index is 0.903. The average molecular weight is 287 g/mol. The lowest BCUT2D eigenvalue weighted by Crippen LogP contribution is -1.84. The van der Waals surface area contributed by atoms with Crippen LogP contribution in [0.5, 0.6) is 0 Å². The molecule has 1 N–H and O–H groups in total. The molecule has 17 heavy (non-hydrogen) atoms. The Bertz CT molecular complexity index is 686. The number of fused-ring (bicyclic) bond motifs is 1. The molecule has 2 aromatic carbocycles. The van der Waals surface area contributed by atoms with Crippen molar-refractivity contribution in [2.75, 3.05) is 0 Å². The van der Waals surface area contributed by atoms with Crippen LogP contribution in [0.2, 0.25) is 0 Å². The quantitative estimate of drug-likeness (QED) is 0.710. The second kappa shape index (κ2) is 4.00. The number of imidazole rings is 1. The van der Waals surface area contributed by atoms with Crippen LogP contribution < -0.4 is 0 Å². The molecule has 1 heterocycles. The van der Waals surface area contributed by atoms with E-state index in [0.29, 0.717) is 0 Å². The van der Waals surface area contributed by atoms with Gasteiger partial charge in [0.2, 0.25) is 0 Å². The van der Waals surface area contributed by atoms with Gasteiger partial charge in [0.05, 0.1) is 0 Å². The van der Waals surface area contributed by atoms with E-state index < -0.39 is 0 Å². The number of aromatic amines is 1. The Kier molecular flexibility index (Phi) is 2.48. The molecular weight excluding hydrogens is 276 g/mol. The summed E-state index contributed by atoms with van der Waals surface area (Å²) in [6.45, 7) is 2.01. The number of hydrogen-bond donors (Lipinski definition) is 1. The fourth-order valence-electron chi connectivity index (χ4n) is 1.97. The number of aryl methyl sites for hydroxylation is 1. The van der Waals surface area contributed by atoms with Crippen molar-refractivity contribution in [3.05, 3.63) is 52.8 Å². The third kappa shape index (κ3) is 1.76. The third-order valence-corrected chi connectivity index (χ3v) is 3.68. The summed E-state index contributed by atoms with van der Waals surface area (Å²) in [6.07, 6.45) is 1.84. The Hall–Kier alpha value is -1.61. The van der Waals surface area contributed by atoms with Crippen LogP contribution in [-0.2, 0) is 0 Å². The monoisotopic (exact) mass is 286 g/mol. The molecule has 3 heteroatoms. The van der Waals surface area contributed by atoms with Crippen LogP contribution in [0.3, 0.4) is 0 Å². The molecule has 0 aliphatic carbocycles. The van der Waals surface area contributed by atoms with Crippen molar-refractivity contribution < 1.29 is 0 Å². The van der Waals surface area contributed by atoms with Crippen LogP contribution >= 0.6 is 15.9 Å². The van der Waals surface area contributed by atoms with Crippen molar-refractivity contribution in [1.29, 1.82) is 0 Å². The highest BCUT2D eigenvalue weighted by Crippen LogP contribution is 2.33. The zero-order valence-corrected chi connectivity index (χ0v) is 11.0. The Labute approximate surface area is 108 Å². The predicted octanol–water partition coefficient (Wildman–Crippen LogP) is 4.30. The van der Waals surface area contributed by atoms with E-state index in [1.165, 1.54) is 10.8 Å². The lowest BCUT2D eigenvalue weighted by atomic mass is 10.1. The van der Waals surface area contributed by atoms with Gasteiger partial charge in [-0.25, -0.2) is 4.98 Å². The smallest absolute Gasteiger partial charge is 0.138 e. The minimum atomic E-state index is 0.903. The van der Waals surface area contributed by atoms with E-state index in [9.17, 15) is 0 Å². The first kappa shape index (κ1) is 10.5. The second-order valence-corrected chi connectivity index (χ2v) is 4.86. The molecule has 3 aromatic rings. The summed E-state index contributed by atoms with van der Waals surface area (Å²) in [5, 5.41) is 2.44. The van der Waals surface area contributed by atoms with E-state index in [1.54, 1.807) is 0 Å². The maximum absolute atomic E-state index is 4.37. The van der Waals surface area contributed by atoms with Crippen LogP contribution in [0, 0.1) is 6.92 Å². The van der Waals surface area contributed by atoms with E-state index in [1.807, 2.05) is 25.3 Å². The molecule has 84 valence electrons. The van der Waals surface area contributed by atoms with Crippen LogP contribution in [0.1, 0.15) is 5.69 Å². The first-order chi connectivity index (χ1) is 8.25. The summed E-state index contributed by atoms with van der Waals surface area (Å²) in [4.78, 5) is 7.62. The molecule has 0 aliphatic rings. The molecule has 1 aromatic heterocycles. The maximum atomic E-state index is 4.37. The fraction of sp³-hybridized carbons (Fsp3) is 0.0714. The molecule has 0 amide bonds. The first-order valence-electron chi connectivity index (χ1n) is 5.45. The van der Waals surface area contributed by atoms with Gasteiger partial charge < -0.3 is 4.98 Å². The van der Waals surface area contributed by atoms with Gasteiger partial charge in [-0.3, -0.25) is 0 Å². The Morgan fingerprint density at radius 1 is 1.12 bits per heavy atom. The van der Waals surface area contributed by atoms with Gasteiger partial charge in [0.25, 0.3) is 0 Å². The second-order valence-electron chi connectivity index (χ2n) is 4.06. The number of H-pyrrole nitrogens is 1. The van der Waals surface area contributed by atoms with Crippen LogP contribution in [0.25, 0.3) is 22.2 Å². The third-order valence-electron chi connectivity index (χ3n) is 2.82. The van der Waals surface area contributed by atoms with Crippen molar-refractivity contribution in [1.82, 2.24) is 9.97 Å². The van der Waals surface area contributed by atoms with Gasteiger partial charge in [-0.15, -0.1) is 0 Å². The van der Waals surface area contributed by atoms with Crippen LogP contribution in [0.15, 0.2) is 47.1 Å². The van der Waals surface area contributed by atoms with Crippen molar-refractivity contribution in [2.45, 2.75) is 6.92 Å². The normalized spacial score (nSPS) is 10.9. The number of nitrogens with one attached hydrogen (secondary N) is 1. The predicted molar refractivity (Wildman–Crippen MR) is 74.0 cm³/mol. The SMILES string of the molecule is Cc1cnc(-c2ccc3ccccc3c2Br)[nH]1. The van der Waals surface area contributed by atoms with Gasteiger partial charge in [0, 0.05) is 21.9 Å². The maximum Gasteiger partial charge on any atom is 0.138 e. The number of rotatable bonds is 1. The van der Waals surface area contributed by atoms with Crippen molar-refractivity contribution in [3.8, 4) is 11.4 Å². The lowest BCUT2D eigenvalue weighted by molar-refractivity contribution is 1.25. The topological polar surface area (TPSA) is 28.7 Å². The molecule has 0 saturated carbocycles. The number of benzene rings is 2. The van der Waals surface area contributed by atoms with Crippen molar-refractivity contribution in [3.63, 3.8) is 0 Å². The van der Waals surface area contributed by atoms with Gasteiger partial charge in [-0.05, 0) is 39.7 Å². The van der Waals surface area contributed by atoms with E-state index in [2.05, 4.69) is 50.2 Å². The summed E-state index contributed by atoms with van der Waals surface area (Å²) in [7, 11) is 0. The summed E-state index contributed by atoms with van der Waals surface area (Å²) in [5.74, 6) is 0.903. The molecule has 2 nitrogen and oxygen atoms in total. The molecule has 0 bridgehead atoms.